The molecule has 1 aliphatic carbocycles. The van der Waals surface area contributed by atoms with E-state index in [4.69, 9.17) is 11.6 Å². The Balaban J connectivity index is 1.61. The average molecular weight is 371 g/mol. The molecule has 1 saturated carbocycles. The molecule has 26 heavy (non-hydrogen) atoms. The summed E-state index contributed by atoms with van der Waals surface area (Å²) in [6.07, 6.45) is 0.572. The van der Waals surface area contributed by atoms with Gasteiger partial charge < -0.3 is 10.6 Å². The van der Waals surface area contributed by atoms with Crippen molar-refractivity contribution in [2.45, 2.75) is 32.6 Å². The van der Waals surface area contributed by atoms with Gasteiger partial charge in [0.1, 0.15) is 0 Å². The lowest BCUT2D eigenvalue weighted by Gasteiger charge is -2.23. The standard InChI is InChI=1S/C21H23ClN2O2/c1-21(2,3)17-6-4-5-7-18(17)24-20(26)16-12-15(16)19(25)23-14-10-8-13(22)9-11-14/h4-11,15-16H,12H2,1-3H3,(H,23,25)(H,24,26). The molecular weight excluding hydrogens is 348 g/mol. The zero-order valence-corrected chi connectivity index (χ0v) is 15.9. The van der Waals surface area contributed by atoms with Gasteiger partial charge in [-0.15, -0.1) is 0 Å². The van der Waals surface area contributed by atoms with Crippen molar-refractivity contribution < 1.29 is 9.59 Å². The predicted molar refractivity (Wildman–Crippen MR) is 105 cm³/mol. The molecule has 136 valence electrons. The van der Waals surface area contributed by atoms with Gasteiger partial charge in [-0.25, -0.2) is 0 Å². The summed E-state index contributed by atoms with van der Waals surface area (Å²) in [5, 5.41) is 6.45. The van der Waals surface area contributed by atoms with E-state index in [1.54, 1.807) is 24.3 Å². The Labute approximate surface area is 158 Å². The van der Waals surface area contributed by atoms with E-state index in [2.05, 4.69) is 31.4 Å². The van der Waals surface area contributed by atoms with Gasteiger partial charge in [0.05, 0.1) is 11.8 Å². The van der Waals surface area contributed by atoms with E-state index in [0.29, 0.717) is 17.1 Å². The lowest BCUT2D eigenvalue weighted by molar-refractivity contribution is -0.122. The number of nitrogens with one attached hydrogen (secondary N) is 2. The first-order valence-corrected chi connectivity index (χ1v) is 9.10. The third-order valence-electron chi connectivity index (χ3n) is 4.57. The predicted octanol–water partition coefficient (Wildman–Crippen LogP) is 4.85. The van der Waals surface area contributed by atoms with Crippen LogP contribution in [0.4, 0.5) is 11.4 Å². The van der Waals surface area contributed by atoms with Crippen LogP contribution in [0.3, 0.4) is 0 Å². The van der Waals surface area contributed by atoms with Gasteiger partial charge in [-0.1, -0.05) is 50.6 Å². The number of benzene rings is 2. The Kier molecular flexibility index (Phi) is 5.05. The van der Waals surface area contributed by atoms with Gasteiger partial charge >= 0.3 is 0 Å². The van der Waals surface area contributed by atoms with E-state index < -0.39 is 0 Å². The summed E-state index contributed by atoms with van der Waals surface area (Å²) in [4.78, 5) is 24.9. The topological polar surface area (TPSA) is 58.2 Å². The molecule has 2 aromatic rings. The number of amides is 2. The average Bonchev–Trinajstić information content (AvgIpc) is 3.37. The molecule has 0 saturated heterocycles. The molecule has 0 heterocycles. The molecule has 2 amide bonds. The van der Waals surface area contributed by atoms with E-state index in [1.807, 2.05) is 24.3 Å². The molecule has 0 radical (unpaired) electrons. The van der Waals surface area contributed by atoms with Gasteiger partial charge in [0.2, 0.25) is 11.8 Å². The van der Waals surface area contributed by atoms with Crippen molar-refractivity contribution in [3.63, 3.8) is 0 Å². The Morgan fingerprint density at radius 2 is 1.50 bits per heavy atom. The zero-order valence-electron chi connectivity index (χ0n) is 15.2. The summed E-state index contributed by atoms with van der Waals surface area (Å²) < 4.78 is 0. The fourth-order valence-corrected chi connectivity index (χ4v) is 3.14. The van der Waals surface area contributed by atoms with Crippen LogP contribution in [0.2, 0.25) is 5.02 Å². The Morgan fingerprint density at radius 3 is 2.12 bits per heavy atom. The van der Waals surface area contributed by atoms with Crippen LogP contribution >= 0.6 is 11.6 Å². The first-order valence-electron chi connectivity index (χ1n) is 8.72. The van der Waals surface area contributed by atoms with Gasteiger partial charge in [0.25, 0.3) is 0 Å². The lowest BCUT2D eigenvalue weighted by atomic mass is 9.86. The summed E-state index contributed by atoms with van der Waals surface area (Å²) in [6, 6.07) is 14.7. The Hall–Kier alpha value is -2.33. The van der Waals surface area contributed by atoms with Crippen LogP contribution in [0, 0.1) is 11.8 Å². The first-order chi connectivity index (χ1) is 12.3. The van der Waals surface area contributed by atoms with Crippen LogP contribution in [-0.2, 0) is 15.0 Å². The second-order valence-corrected chi connectivity index (χ2v) is 8.17. The molecule has 5 heteroatoms. The highest BCUT2D eigenvalue weighted by molar-refractivity contribution is 6.30. The minimum Gasteiger partial charge on any atom is -0.326 e. The summed E-state index contributed by atoms with van der Waals surface area (Å²) >= 11 is 5.84. The molecule has 1 aliphatic rings. The molecule has 0 bridgehead atoms. The molecule has 2 N–H and O–H groups in total. The quantitative estimate of drug-likeness (QED) is 0.808. The van der Waals surface area contributed by atoms with Gasteiger partial charge in [-0.05, 0) is 47.7 Å². The van der Waals surface area contributed by atoms with E-state index in [9.17, 15) is 9.59 Å². The normalized spacial score (nSPS) is 18.9. The maximum absolute atomic E-state index is 12.6. The summed E-state index contributed by atoms with van der Waals surface area (Å²) in [7, 11) is 0. The second kappa shape index (κ2) is 7.12. The SMILES string of the molecule is CC(C)(C)c1ccccc1NC(=O)C1CC1C(=O)Nc1ccc(Cl)cc1. The third-order valence-corrected chi connectivity index (χ3v) is 4.82. The second-order valence-electron chi connectivity index (χ2n) is 7.73. The smallest absolute Gasteiger partial charge is 0.228 e. The molecule has 1 fully saturated rings. The van der Waals surface area contributed by atoms with Gasteiger partial charge in [-0.3, -0.25) is 9.59 Å². The highest BCUT2D eigenvalue weighted by Gasteiger charge is 2.48. The van der Waals surface area contributed by atoms with Crippen molar-refractivity contribution in [1.29, 1.82) is 0 Å². The van der Waals surface area contributed by atoms with Crippen molar-refractivity contribution in [1.82, 2.24) is 0 Å². The zero-order chi connectivity index (χ0) is 18.9. The number of rotatable bonds is 4. The van der Waals surface area contributed by atoms with Crippen LogP contribution in [0.15, 0.2) is 48.5 Å². The molecule has 2 unspecified atom stereocenters. The van der Waals surface area contributed by atoms with Crippen molar-refractivity contribution in [2.75, 3.05) is 10.6 Å². The number of anilines is 2. The van der Waals surface area contributed by atoms with Crippen LogP contribution in [0.25, 0.3) is 0 Å². The number of carbonyl (C=O) groups is 2. The molecule has 0 aliphatic heterocycles. The van der Waals surface area contributed by atoms with Crippen LogP contribution in [-0.4, -0.2) is 11.8 Å². The lowest BCUT2D eigenvalue weighted by Crippen LogP contribution is -2.22. The first kappa shape index (κ1) is 18.5. The molecule has 2 aromatic carbocycles. The van der Waals surface area contributed by atoms with E-state index in [-0.39, 0.29) is 29.1 Å². The fourth-order valence-electron chi connectivity index (χ4n) is 3.01. The largest absolute Gasteiger partial charge is 0.326 e. The van der Waals surface area contributed by atoms with Crippen LogP contribution < -0.4 is 10.6 Å². The van der Waals surface area contributed by atoms with Crippen molar-refractivity contribution in [2.24, 2.45) is 11.8 Å². The van der Waals surface area contributed by atoms with Crippen molar-refractivity contribution in [3.05, 3.63) is 59.1 Å². The Morgan fingerprint density at radius 1 is 0.923 bits per heavy atom. The molecule has 4 nitrogen and oxygen atoms in total. The summed E-state index contributed by atoms with van der Waals surface area (Å²) in [5.74, 6) is -0.794. The minimum atomic E-state index is -0.285. The number of hydrogen-bond acceptors (Lipinski definition) is 2. The number of carbonyl (C=O) groups excluding carboxylic acids is 2. The van der Waals surface area contributed by atoms with E-state index in [1.165, 1.54) is 0 Å². The molecule has 0 spiro atoms. The highest BCUT2D eigenvalue weighted by atomic mass is 35.5. The van der Waals surface area contributed by atoms with Gasteiger partial charge in [-0.2, -0.15) is 0 Å². The molecule has 3 rings (SSSR count). The monoisotopic (exact) mass is 370 g/mol. The summed E-state index contributed by atoms with van der Waals surface area (Å²) in [6.45, 7) is 6.33. The van der Waals surface area contributed by atoms with Crippen molar-refractivity contribution in [3.8, 4) is 0 Å². The number of hydrogen-bond donors (Lipinski definition) is 2. The minimum absolute atomic E-state index is 0.0707. The summed E-state index contributed by atoms with van der Waals surface area (Å²) in [5.41, 5.74) is 2.51. The van der Waals surface area contributed by atoms with E-state index >= 15 is 0 Å². The third kappa shape index (κ3) is 4.25. The molecular formula is C21H23ClN2O2. The Bertz CT molecular complexity index is 825. The maximum Gasteiger partial charge on any atom is 0.228 e. The fraction of sp³-hybridized carbons (Fsp3) is 0.333. The van der Waals surface area contributed by atoms with E-state index in [0.717, 1.165) is 11.3 Å². The maximum atomic E-state index is 12.6. The van der Waals surface area contributed by atoms with Gasteiger partial charge in [0, 0.05) is 16.4 Å². The van der Waals surface area contributed by atoms with Crippen molar-refractivity contribution >= 4 is 34.8 Å². The highest BCUT2D eigenvalue weighted by Crippen LogP contribution is 2.41. The number of para-hydroxylation sites is 1. The van der Waals surface area contributed by atoms with Crippen LogP contribution in [0.5, 0.6) is 0 Å². The number of halogens is 1. The molecule has 0 aromatic heterocycles. The molecule has 2 atom stereocenters. The van der Waals surface area contributed by atoms with Crippen LogP contribution in [0.1, 0.15) is 32.8 Å². The van der Waals surface area contributed by atoms with Gasteiger partial charge in [0.15, 0.2) is 0 Å².